The van der Waals surface area contributed by atoms with Gasteiger partial charge in [-0.2, -0.15) is 0 Å². The van der Waals surface area contributed by atoms with Gasteiger partial charge in [-0.15, -0.1) is 0 Å². The molecule has 3 nitrogen and oxygen atoms in total. The molecule has 21 heavy (non-hydrogen) atoms. The van der Waals surface area contributed by atoms with E-state index in [4.69, 9.17) is 4.74 Å². The SMILES string of the molecule is CCC/C(=C\CCCCC(=O)OC)c1ccc(OC)cc1. The lowest BCUT2D eigenvalue weighted by Gasteiger charge is -2.08. The molecule has 0 amide bonds. The fraction of sp³-hybridized carbons (Fsp3) is 0.500. The molecule has 0 aliphatic heterocycles. The van der Waals surface area contributed by atoms with Crippen molar-refractivity contribution in [1.29, 1.82) is 0 Å². The van der Waals surface area contributed by atoms with Crippen molar-refractivity contribution in [2.45, 2.75) is 45.4 Å². The van der Waals surface area contributed by atoms with E-state index in [2.05, 4.69) is 29.9 Å². The van der Waals surface area contributed by atoms with Crippen LogP contribution in [-0.2, 0) is 9.53 Å². The highest BCUT2D eigenvalue weighted by Gasteiger charge is 2.02. The summed E-state index contributed by atoms with van der Waals surface area (Å²) in [5, 5.41) is 0. The molecule has 0 spiro atoms. The summed E-state index contributed by atoms with van der Waals surface area (Å²) in [6, 6.07) is 8.20. The van der Waals surface area contributed by atoms with E-state index in [0.29, 0.717) is 6.42 Å². The van der Waals surface area contributed by atoms with Crippen LogP contribution in [0.1, 0.15) is 51.0 Å². The molecule has 0 unspecified atom stereocenters. The summed E-state index contributed by atoms with van der Waals surface area (Å²) in [5.74, 6) is 0.760. The fourth-order valence-electron chi connectivity index (χ4n) is 2.23. The number of unbranched alkanes of at least 4 members (excludes halogenated alkanes) is 2. The molecule has 1 aromatic rings. The number of hydrogen-bond donors (Lipinski definition) is 0. The molecule has 0 radical (unpaired) electrons. The predicted octanol–water partition coefficient (Wildman–Crippen LogP) is 4.61. The number of methoxy groups -OCH3 is 2. The summed E-state index contributed by atoms with van der Waals surface area (Å²) in [7, 11) is 3.12. The van der Waals surface area contributed by atoms with E-state index in [0.717, 1.165) is 37.9 Å². The summed E-state index contributed by atoms with van der Waals surface area (Å²) < 4.78 is 9.83. The number of esters is 1. The molecule has 0 fully saturated rings. The van der Waals surface area contributed by atoms with Crippen LogP contribution < -0.4 is 4.74 Å². The molecular weight excluding hydrogens is 264 g/mol. The second-order valence-corrected chi connectivity index (χ2v) is 5.03. The van der Waals surface area contributed by atoms with Crippen molar-refractivity contribution < 1.29 is 14.3 Å². The van der Waals surface area contributed by atoms with Crippen LogP contribution in [0.25, 0.3) is 5.57 Å². The third-order valence-electron chi connectivity index (χ3n) is 3.43. The maximum absolute atomic E-state index is 11.0. The van der Waals surface area contributed by atoms with Crippen molar-refractivity contribution in [3.8, 4) is 5.75 Å². The van der Waals surface area contributed by atoms with Crippen molar-refractivity contribution in [1.82, 2.24) is 0 Å². The number of carbonyl (C=O) groups excluding carboxylic acids is 1. The Kier molecular flexibility index (Phi) is 8.25. The molecular formula is C18H26O3. The van der Waals surface area contributed by atoms with Crippen LogP contribution in [-0.4, -0.2) is 20.2 Å². The summed E-state index contributed by atoms with van der Waals surface area (Å²) in [5.41, 5.74) is 2.63. The van der Waals surface area contributed by atoms with Crippen molar-refractivity contribution in [3.05, 3.63) is 35.9 Å². The Balaban J connectivity index is 2.54. The molecule has 0 heterocycles. The summed E-state index contributed by atoms with van der Waals surface area (Å²) in [6.45, 7) is 2.19. The zero-order chi connectivity index (χ0) is 15.5. The minimum absolute atomic E-state index is 0.122. The van der Waals surface area contributed by atoms with Gasteiger partial charge in [0.1, 0.15) is 5.75 Å². The van der Waals surface area contributed by atoms with E-state index in [1.54, 1.807) is 7.11 Å². The Labute approximate surface area is 128 Å². The van der Waals surface area contributed by atoms with Crippen LogP contribution in [0.3, 0.4) is 0 Å². The monoisotopic (exact) mass is 290 g/mol. The number of carbonyl (C=O) groups is 1. The Morgan fingerprint density at radius 1 is 1.10 bits per heavy atom. The average Bonchev–Trinajstić information content (AvgIpc) is 2.53. The first-order valence-corrected chi connectivity index (χ1v) is 7.61. The maximum Gasteiger partial charge on any atom is 0.305 e. The quantitative estimate of drug-likeness (QED) is 0.492. The zero-order valence-electron chi connectivity index (χ0n) is 13.4. The van der Waals surface area contributed by atoms with Crippen LogP contribution >= 0.6 is 0 Å². The van der Waals surface area contributed by atoms with Gasteiger partial charge in [0.05, 0.1) is 14.2 Å². The van der Waals surface area contributed by atoms with Crippen LogP contribution in [0.2, 0.25) is 0 Å². The van der Waals surface area contributed by atoms with Gasteiger partial charge in [0.2, 0.25) is 0 Å². The molecule has 1 aromatic carbocycles. The van der Waals surface area contributed by atoms with Gasteiger partial charge in [-0.05, 0) is 49.0 Å². The minimum Gasteiger partial charge on any atom is -0.497 e. The third kappa shape index (κ3) is 6.48. The zero-order valence-corrected chi connectivity index (χ0v) is 13.4. The van der Waals surface area contributed by atoms with Gasteiger partial charge in [-0.1, -0.05) is 31.6 Å². The number of rotatable bonds is 9. The van der Waals surface area contributed by atoms with Gasteiger partial charge in [-0.25, -0.2) is 0 Å². The summed E-state index contributed by atoms with van der Waals surface area (Å²) >= 11 is 0. The molecule has 0 bridgehead atoms. The molecule has 116 valence electrons. The lowest BCUT2D eigenvalue weighted by Crippen LogP contribution is -1.98. The predicted molar refractivity (Wildman–Crippen MR) is 86.4 cm³/mol. The molecule has 0 N–H and O–H groups in total. The molecule has 3 heteroatoms. The lowest BCUT2D eigenvalue weighted by molar-refractivity contribution is -0.140. The van der Waals surface area contributed by atoms with E-state index in [-0.39, 0.29) is 5.97 Å². The molecule has 0 saturated heterocycles. The smallest absolute Gasteiger partial charge is 0.305 e. The number of allylic oxidation sites excluding steroid dienone is 2. The average molecular weight is 290 g/mol. The van der Waals surface area contributed by atoms with E-state index < -0.39 is 0 Å². The van der Waals surface area contributed by atoms with E-state index >= 15 is 0 Å². The first-order chi connectivity index (χ1) is 10.2. The van der Waals surface area contributed by atoms with Crippen LogP contribution in [0.15, 0.2) is 30.3 Å². The topological polar surface area (TPSA) is 35.5 Å². The van der Waals surface area contributed by atoms with Crippen LogP contribution in [0.5, 0.6) is 5.75 Å². The maximum atomic E-state index is 11.0. The van der Waals surface area contributed by atoms with Gasteiger partial charge in [0.25, 0.3) is 0 Å². The fourth-order valence-corrected chi connectivity index (χ4v) is 2.23. The van der Waals surface area contributed by atoms with Gasteiger partial charge >= 0.3 is 5.97 Å². The van der Waals surface area contributed by atoms with Crippen LogP contribution in [0, 0.1) is 0 Å². The highest BCUT2D eigenvalue weighted by Crippen LogP contribution is 2.23. The second-order valence-electron chi connectivity index (χ2n) is 5.03. The van der Waals surface area contributed by atoms with Gasteiger partial charge in [0.15, 0.2) is 0 Å². The Morgan fingerprint density at radius 3 is 2.38 bits per heavy atom. The first kappa shape index (κ1) is 17.3. The second kappa shape index (κ2) is 10.0. The largest absolute Gasteiger partial charge is 0.497 e. The Bertz CT molecular complexity index is 446. The number of benzene rings is 1. The van der Waals surface area contributed by atoms with Gasteiger partial charge in [-0.3, -0.25) is 4.79 Å². The number of hydrogen-bond acceptors (Lipinski definition) is 3. The minimum atomic E-state index is -0.122. The van der Waals surface area contributed by atoms with E-state index in [1.807, 2.05) is 12.1 Å². The third-order valence-corrected chi connectivity index (χ3v) is 3.43. The standard InChI is InChI=1S/C18H26O3/c1-4-8-15(9-6-5-7-10-18(19)21-3)16-11-13-17(20-2)14-12-16/h9,11-14H,4-8,10H2,1-3H3/b15-9+. The number of ether oxygens (including phenoxy) is 2. The van der Waals surface area contributed by atoms with E-state index in [9.17, 15) is 4.79 Å². The summed E-state index contributed by atoms with van der Waals surface area (Å²) in [6.07, 6.45) is 7.89. The molecule has 0 aliphatic carbocycles. The lowest BCUT2D eigenvalue weighted by atomic mass is 9.99. The van der Waals surface area contributed by atoms with Crippen molar-refractivity contribution >= 4 is 11.5 Å². The van der Waals surface area contributed by atoms with E-state index in [1.165, 1.54) is 18.2 Å². The highest BCUT2D eigenvalue weighted by atomic mass is 16.5. The van der Waals surface area contributed by atoms with Gasteiger partial charge in [0, 0.05) is 6.42 Å². The molecule has 0 saturated carbocycles. The van der Waals surface area contributed by atoms with Crippen LogP contribution in [0.4, 0.5) is 0 Å². The molecule has 0 aromatic heterocycles. The Hall–Kier alpha value is -1.77. The molecule has 0 aliphatic rings. The van der Waals surface area contributed by atoms with Gasteiger partial charge < -0.3 is 9.47 Å². The first-order valence-electron chi connectivity index (χ1n) is 7.61. The summed E-state index contributed by atoms with van der Waals surface area (Å²) in [4.78, 5) is 11.0. The van der Waals surface area contributed by atoms with Crippen molar-refractivity contribution in [3.63, 3.8) is 0 Å². The molecule has 1 rings (SSSR count). The normalized spacial score (nSPS) is 11.3. The van der Waals surface area contributed by atoms with Crippen molar-refractivity contribution in [2.75, 3.05) is 14.2 Å². The highest BCUT2D eigenvalue weighted by molar-refractivity contribution is 5.69. The van der Waals surface area contributed by atoms with Crippen molar-refractivity contribution in [2.24, 2.45) is 0 Å². The Morgan fingerprint density at radius 2 is 1.81 bits per heavy atom. The molecule has 0 atom stereocenters.